The van der Waals surface area contributed by atoms with Gasteiger partial charge in [0.1, 0.15) is 7.85 Å². The number of ether oxygens (including phenoxy) is 2. The quantitative estimate of drug-likeness (QED) is 0.444. The van der Waals surface area contributed by atoms with Gasteiger partial charge in [-0.05, 0) is 32.4 Å². The first-order valence-corrected chi connectivity index (χ1v) is 6.95. The summed E-state index contributed by atoms with van der Waals surface area (Å²) < 4.78 is 9.88. The molecule has 0 radical (unpaired) electrons. The second kappa shape index (κ2) is 7.95. The van der Waals surface area contributed by atoms with E-state index in [-0.39, 0.29) is 19.6 Å². The van der Waals surface area contributed by atoms with Crippen molar-refractivity contribution in [3.8, 4) is 0 Å². The molecule has 0 saturated carbocycles. The molecule has 0 fully saturated rings. The summed E-state index contributed by atoms with van der Waals surface area (Å²) in [5.74, 6) is -2.08. The van der Waals surface area contributed by atoms with Gasteiger partial charge in [0.2, 0.25) is 0 Å². The Balaban J connectivity index is 2.96. The molecule has 0 unspecified atom stereocenters. The number of carbonyl (C=O) groups excluding carboxylic acids is 2. The molecular weight excluding hydrogens is 278 g/mol. The van der Waals surface area contributed by atoms with Crippen LogP contribution in [-0.4, -0.2) is 33.0 Å². The van der Waals surface area contributed by atoms with Crippen LogP contribution in [0.15, 0.2) is 18.2 Å². The summed E-state index contributed by atoms with van der Waals surface area (Å²) in [4.78, 5) is 23.8. The highest BCUT2D eigenvalue weighted by atomic mass is 35.5. The van der Waals surface area contributed by atoms with Gasteiger partial charge in [-0.2, -0.15) is 0 Å². The number of esters is 2. The molecule has 0 bridgehead atoms. The fourth-order valence-corrected chi connectivity index (χ4v) is 2.02. The normalized spacial score (nSPS) is 10.4. The lowest BCUT2D eigenvalue weighted by Gasteiger charge is -2.16. The van der Waals surface area contributed by atoms with Crippen LogP contribution in [0.4, 0.5) is 0 Å². The van der Waals surface area contributed by atoms with Crippen molar-refractivity contribution in [3.05, 3.63) is 28.8 Å². The van der Waals surface area contributed by atoms with Gasteiger partial charge < -0.3 is 9.47 Å². The van der Waals surface area contributed by atoms with Crippen LogP contribution >= 0.6 is 11.6 Å². The van der Waals surface area contributed by atoms with E-state index in [2.05, 4.69) is 0 Å². The smallest absolute Gasteiger partial charge is 0.320 e. The minimum atomic E-state index is -0.952. The van der Waals surface area contributed by atoms with E-state index in [0.717, 1.165) is 11.0 Å². The van der Waals surface area contributed by atoms with Crippen LogP contribution in [0.2, 0.25) is 5.02 Å². The lowest BCUT2D eigenvalue weighted by atomic mass is 9.86. The lowest BCUT2D eigenvalue weighted by molar-refractivity contribution is -0.161. The molecule has 0 aromatic heterocycles. The van der Waals surface area contributed by atoms with Crippen LogP contribution < -0.4 is 5.46 Å². The Kier molecular flexibility index (Phi) is 6.59. The lowest BCUT2D eigenvalue weighted by Crippen LogP contribution is -2.31. The van der Waals surface area contributed by atoms with Gasteiger partial charge in [-0.3, -0.25) is 9.59 Å². The molecule has 0 aliphatic rings. The van der Waals surface area contributed by atoms with Crippen LogP contribution in [-0.2, 0) is 25.5 Å². The summed E-state index contributed by atoms with van der Waals surface area (Å²) in [7, 11) is 1.90. The number of hydrogen-bond acceptors (Lipinski definition) is 4. The van der Waals surface area contributed by atoms with E-state index in [1.165, 1.54) is 0 Å². The monoisotopic (exact) mass is 296 g/mol. The van der Waals surface area contributed by atoms with E-state index in [1.807, 2.05) is 13.9 Å². The molecule has 0 aliphatic carbocycles. The Morgan fingerprint density at radius 2 is 1.75 bits per heavy atom. The zero-order chi connectivity index (χ0) is 15.1. The summed E-state index contributed by atoms with van der Waals surface area (Å²) >= 11 is 5.95. The maximum Gasteiger partial charge on any atom is 0.320 e. The molecule has 0 atom stereocenters. The molecule has 0 amide bonds. The maximum atomic E-state index is 11.9. The van der Waals surface area contributed by atoms with Crippen molar-refractivity contribution in [3.63, 3.8) is 0 Å². The van der Waals surface area contributed by atoms with Crippen molar-refractivity contribution in [2.24, 2.45) is 5.92 Å². The summed E-state index contributed by atoms with van der Waals surface area (Å²) in [6.45, 7) is 3.85. The summed E-state index contributed by atoms with van der Waals surface area (Å²) in [6.07, 6.45) is 0.226. The minimum Gasteiger partial charge on any atom is -0.465 e. The highest BCUT2D eigenvalue weighted by Crippen LogP contribution is 2.15. The van der Waals surface area contributed by atoms with Gasteiger partial charge in [0.05, 0.1) is 13.2 Å². The number of rotatable bonds is 6. The number of hydrogen-bond donors (Lipinski definition) is 0. The Hall–Kier alpha value is -1.49. The van der Waals surface area contributed by atoms with Gasteiger partial charge in [0.25, 0.3) is 0 Å². The van der Waals surface area contributed by atoms with E-state index in [0.29, 0.717) is 5.02 Å². The average Bonchev–Trinajstić information content (AvgIpc) is 2.40. The van der Waals surface area contributed by atoms with Crippen LogP contribution in [0.3, 0.4) is 0 Å². The largest absolute Gasteiger partial charge is 0.465 e. The first-order valence-electron chi connectivity index (χ1n) is 6.57. The molecule has 0 spiro atoms. The summed E-state index contributed by atoms with van der Waals surface area (Å²) in [5, 5.41) is 0.567. The SMILES string of the molecule is Bc1ccc(Cl)cc1CC(C(=O)OCC)C(=O)OCC. The molecule has 0 saturated heterocycles. The fourth-order valence-electron chi connectivity index (χ4n) is 1.83. The zero-order valence-corrected chi connectivity index (χ0v) is 12.7. The first kappa shape index (κ1) is 16.6. The topological polar surface area (TPSA) is 52.6 Å². The Bertz CT molecular complexity index is 472. The number of carbonyl (C=O) groups is 2. The number of halogens is 1. The van der Waals surface area contributed by atoms with Gasteiger partial charge in [0, 0.05) is 5.02 Å². The van der Waals surface area contributed by atoms with Crippen molar-refractivity contribution in [2.45, 2.75) is 20.3 Å². The third-order valence-electron chi connectivity index (χ3n) is 2.88. The Morgan fingerprint density at radius 1 is 1.20 bits per heavy atom. The molecule has 1 aromatic carbocycles. The van der Waals surface area contributed by atoms with Crippen molar-refractivity contribution >= 4 is 36.8 Å². The molecule has 0 aliphatic heterocycles. The summed E-state index contributed by atoms with van der Waals surface area (Å²) in [5.41, 5.74) is 1.80. The highest BCUT2D eigenvalue weighted by molar-refractivity contribution is 6.35. The molecule has 108 valence electrons. The molecule has 20 heavy (non-hydrogen) atoms. The van der Waals surface area contributed by atoms with Crippen LogP contribution in [0.5, 0.6) is 0 Å². The average molecular weight is 297 g/mol. The van der Waals surface area contributed by atoms with Crippen LogP contribution in [0, 0.1) is 5.92 Å². The second-order valence-corrected chi connectivity index (χ2v) is 4.77. The standard InChI is InChI=1S/C14H18BClO4/c1-3-19-13(17)11(14(18)20-4-2)8-9-7-10(16)5-6-12(9)15/h5-7,11H,3-4,8,15H2,1-2H3. The van der Waals surface area contributed by atoms with E-state index >= 15 is 0 Å². The molecule has 1 aromatic rings. The van der Waals surface area contributed by atoms with E-state index in [4.69, 9.17) is 21.1 Å². The van der Waals surface area contributed by atoms with Gasteiger partial charge in [0.15, 0.2) is 5.92 Å². The van der Waals surface area contributed by atoms with Gasteiger partial charge in [-0.1, -0.05) is 28.7 Å². The summed E-state index contributed by atoms with van der Waals surface area (Å²) in [6, 6.07) is 5.37. The van der Waals surface area contributed by atoms with Crippen LogP contribution in [0.1, 0.15) is 19.4 Å². The van der Waals surface area contributed by atoms with Crippen LogP contribution in [0.25, 0.3) is 0 Å². The first-order chi connectivity index (χ1) is 9.49. The molecule has 6 heteroatoms. The number of benzene rings is 1. The van der Waals surface area contributed by atoms with Crippen molar-refractivity contribution in [1.29, 1.82) is 0 Å². The molecule has 0 heterocycles. The highest BCUT2D eigenvalue weighted by Gasteiger charge is 2.30. The second-order valence-electron chi connectivity index (χ2n) is 4.33. The predicted molar refractivity (Wildman–Crippen MR) is 80.1 cm³/mol. The Morgan fingerprint density at radius 3 is 2.25 bits per heavy atom. The van der Waals surface area contributed by atoms with E-state index in [9.17, 15) is 9.59 Å². The zero-order valence-electron chi connectivity index (χ0n) is 11.9. The van der Waals surface area contributed by atoms with Gasteiger partial charge in [-0.15, -0.1) is 0 Å². The molecular formula is C14H18BClO4. The van der Waals surface area contributed by atoms with Crippen molar-refractivity contribution in [2.75, 3.05) is 13.2 Å². The fraction of sp³-hybridized carbons (Fsp3) is 0.429. The third kappa shape index (κ3) is 4.56. The van der Waals surface area contributed by atoms with E-state index in [1.54, 1.807) is 26.0 Å². The predicted octanol–water partition coefficient (Wildman–Crippen LogP) is 0.883. The molecule has 1 rings (SSSR count). The van der Waals surface area contributed by atoms with E-state index < -0.39 is 17.9 Å². The molecule has 4 nitrogen and oxygen atoms in total. The van der Waals surface area contributed by atoms with Crippen molar-refractivity contribution < 1.29 is 19.1 Å². The maximum absolute atomic E-state index is 11.9. The van der Waals surface area contributed by atoms with Gasteiger partial charge in [-0.25, -0.2) is 0 Å². The minimum absolute atomic E-state index is 0.225. The Labute approximate surface area is 124 Å². The van der Waals surface area contributed by atoms with Gasteiger partial charge >= 0.3 is 11.9 Å². The van der Waals surface area contributed by atoms with Crippen molar-refractivity contribution in [1.82, 2.24) is 0 Å². The molecule has 0 N–H and O–H groups in total. The third-order valence-corrected chi connectivity index (χ3v) is 3.11.